The maximum absolute atomic E-state index is 12.7. The van der Waals surface area contributed by atoms with Gasteiger partial charge in [-0.1, -0.05) is 60.2 Å². The molecule has 2 saturated heterocycles. The van der Waals surface area contributed by atoms with Gasteiger partial charge in [0.25, 0.3) is 0 Å². The molecule has 0 saturated carbocycles. The van der Waals surface area contributed by atoms with E-state index in [2.05, 4.69) is 71.3 Å². The summed E-state index contributed by atoms with van der Waals surface area (Å²) in [6.07, 6.45) is 6.30. The number of benzene rings is 2. The third-order valence-electron chi connectivity index (χ3n) is 6.71. The highest BCUT2D eigenvalue weighted by molar-refractivity contribution is 5.79. The lowest BCUT2D eigenvalue weighted by Gasteiger charge is -2.38. The predicted molar refractivity (Wildman–Crippen MR) is 114 cm³/mol. The van der Waals surface area contributed by atoms with E-state index in [0.29, 0.717) is 5.91 Å². The number of hydrogen-bond donors (Lipinski definition) is 0. The molecule has 2 heterocycles. The zero-order valence-corrected chi connectivity index (χ0v) is 17.1. The van der Waals surface area contributed by atoms with Gasteiger partial charge >= 0.3 is 0 Å². The molecular formula is C25H32N2O. The number of hydrogen-bond acceptors (Lipinski definition) is 2. The summed E-state index contributed by atoms with van der Waals surface area (Å²) in [7, 11) is 0. The molecule has 2 aromatic carbocycles. The van der Waals surface area contributed by atoms with Crippen molar-refractivity contribution in [2.75, 3.05) is 19.6 Å². The molecule has 2 fully saturated rings. The molecule has 3 heteroatoms. The van der Waals surface area contributed by atoms with E-state index in [1.165, 1.54) is 23.1 Å². The summed E-state index contributed by atoms with van der Waals surface area (Å²) in [6.45, 7) is 6.25. The minimum absolute atomic E-state index is 0.0729. The molecule has 1 atom stereocenters. The molecule has 2 aliphatic heterocycles. The number of nitrogens with zero attached hydrogens (tertiary/aromatic N) is 2. The van der Waals surface area contributed by atoms with Crippen LogP contribution in [0, 0.1) is 6.92 Å². The van der Waals surface area contributed by atoms with Crippen molar-refractivity contribution < 1.29 is 4.79 Å². The molecule has 1 unspecified atom stereocenters. The van der Waals surface area contributed by atoms with E-state index in [1.54, 1.807) is 0 Å². The summed E-state index contributed by atoms with van der Waals surface area (Å²) in [5.74, 6) is 0.346. The van der Waals surface area contributed by atoms with E-state index in [4.69, 9.17) is 0 Å². The van der Waals surface area contributed by atoms with Crippen molar-refractivity contribution in [3.63, 3.8) is 0 Å². The highest BCUT2D eigenvalue weighted by Crippen LogP contribution is 2.40. The van der Waals surface area contributed by atoms with Crippen molar-refractivity contribution in [3.8, 4) is 0 Å². The fraction of sp³-hybridized carbons (Fsp3) is 0.480. The molecule has 0 aromatic heterocycles. The zero-order valence-electron chi connectivity index (χ0n) is 17.1. The summed E-state index contributed by atoms with van der Waals surface area (Å²) in [6, 6.07) is 19.4. The Morgan fingerprint density at radius 1 is 0.893 bits per heavy atom. The van der Waals surface area contributed by atoms with Crippen LogP contribution < -0.4 is 0 Å². The summed E-state index contributed by atoms with van der Waals surface area (Å²) < 4.78 is 0. The van der Waals surface area contributed by atoms with Crippen LogP contribution in [-0.4, -0.2) is 40.9 Å². The normalized spacial score (nSPS) is 23.3. The SMILES string of the molecule is Cc1ccc(CN2C(=O)CCC23CCCN(CCc2ccccc2)CC3)cc1. The number of carbonyl (C=O) groups excluding carboxylic acids is 1. The Bertz CT molecular complexity index is 786. The summed E-state index contributed by atoms with van der Waals surface area (Å²) in [4.78, 5) is 17.6. The van der Waals surface area contributed by atoms with Crippen molar-refractivity contribution in [1.29, 1.82) is 0 Å². The molecule has 1 spiro atoms. The van der Waals surface area contributed by atoms with E-state index in [-0.39, 0.29) is 5.54 Å². The van der Waals surface area contributed by atoms with Gasteiger partial charge in [-0.3, -0.25) is 4.79 Å². The van der Waals surface area contributed by atoms with Crippen LogP contribution in [0.1, 0.15) is 48.8 Å². The standard InChI is InChI=1S/C25H32N2O/c1-21-8-10-23(11-9-21)20-27-24(28)12-15-25(27)14-5-17-26(19-16-25)18-13-22-6-3-2-4-7-22/h2-4,6-11H,5,12-20H2,1H3. The molecule has 2 aromatic rings. The first-order valence-corrected chi connectivity index (χ1v) is 10.8. The van der Waals surface area contributed by atoms with Gasteiger partial charge in [-0.05, 0) is 56.7 Å². The van der Waals surface area contributed by atoms with Crippen LogP contribution in [0.15, 0.2) is 54.6 Å². The second kappa shape index (κ2) is 8.48. The summed E-state index contributed by atoms with van der Waals surface area (Å²) in [5, 5.41) is 0. The smallest absolute Gasteiger partial charge is 0.223 e. The second-order valence-corrected chi connectivity index (χ2v) is 8.62. The quantitative estimate of drug-likeness (QED) is 0.762. The molecule has 0 N–H and O–H groups in total. The lowest BCUT2D eigenvalue weighted by atomic mass is 9.87. The molecule has 4 rings (SSSR count). The maximum Gasteiger partial charge on any atom is 0.223 e. The van der Waals surface area contributed by atoms with Gasteiger partial charge in [0.15, 0.2) is 0 Å². The molecule has 3 nitrogen and oxygen atoms in total. The van der Waals surface area contributed by atoms with Crippen LogP contribution in [0.3, 0.4) is 0 Å². The average Bonchev–Trinajstić information content (AvgIpc) is 2.89. The largest absolute Gasteiger partial charge is 0.333 e. The number of likely N-dealkylation sites (tertiary alicyclic amines) is 2. The van der Waals surface area contributed by atoms with E-state index in [0.717, 1.165) is 58.3 Å². The Morgan fingerprint density at radius 2 is 1.68 bits per heavy atom. The maximum atomic E-state index is 12.7. The highest BCUT2D eigenvalue weighted by Gasteiger charge is 2.45. The zero-order chi connectivity index (χ0) is 19.4. The predicted octanol–water partition coefficient (Wildman–Crippen LogP) is 4.58. The number of rotatable bonds is 5. The van der Waals surface area contributed by atoms with Gasteiger partial charge in [0.05, 0.1) is 0 Å². The van der Waals surface area contributed by atoms with E-state index in [1.807, 2.05) is 0 Å². The molecule has 1 amide bonds. The molecule has 0 bridgehead atoms. The molecular weight excluding hydrogens is 344 g/mol. The molecule has 28 heavy (non-hydrogen) atoms. The molecule has 0 aliphatic carbocycles. The molecule has 2 aliphatic rings. The Morgan fingerprint density at radius 3 is 2.46 bits per heavy atom. The Hall–Kier alpha value is -2.13. The topological polar surface area (TPSA) is 23.6 Å². The van der Waals surface area contributed by atoms with Crippen LogP contribution in [-0.2, 0) is 17.8 Å². The number of amides is 1. The first-order valence-electron chi connectivity index (χ1n) is 10.8. The fourth-order valence-electron chi connectivity index (χ4n) is 4.92. The summed E-state index contributed by atoms with van der Waals surface area (Å²) >= 11 is 0. The Labute approximate surface area is 169 Å². The van der Waals surface area contributed by atoms with Crippen molar-refractivity contribution in [1.82, 2.24) is 9.80 Å². The van der Waals surface area contributed by atoms with Crippen LogP contribution in [0.5, 0.6) is 0 Å². The van der Waals surface area contributed by atoms with Crippen LogP contribution >= 0.6 is 0 Å². The Kier molecular flexibility index (Phi) is 5.82. The third kappa shape index (κ3) is 4.30. The van der Waals surface area contributed by atoms with Gasteiger partial charge in [-0.2, -0.15) is 0 Å². The van der Waals surface area contributed by atoms with Crippen molar-refractivity contribution >= 4 is 5.91 Å². The van der Waals surface area contributed by atoms with Gasteiger partial charge in [-0.15, -0.1) is 0 Å². The highest BCUT2D eigenvalue weighted by atomic mass is 16.2. The molecule has 148 valence electrons. The second-order valence-electron chi connectivity index (χ2n) is 8.62. The molecule has 0 radical (unpaired) electrons. The van der Waals surface area contributed by atoms with Crippen LogP contribution in [0.4, 0.5) is 0 Å². The van der Waals surface area contributed by atoms with E-state index < -0.39 is 0 Å². The van der Waals surface area contributed by atoms with Crippen LogP contribution in [0.25, 0.3) is 0 Å². The fourth-order valence-corrected chi connectivity index (χ4v) is 4.92. The lowest BCUT2D eigenvalue weighted by molar-refractivity contribution is -0.132. The van der Waals surface area contributed by atoms with Gasteiger partial charge in [-0.25, -0.2) is 0 Å². The van der Waals surface area contributed by atoms with Gasteiger partial charge in [0.2, 0.25) is 5.91 Å². The number of aryl methyl sites for hydroxylation is 1. The number of carbonyl (C=O) groups is 1. The first kappa shape index (κ1) is 19.2. The average molecular weight is 377 g/mol. The summed E-state index contributed by atoms with van der Waals surface area (Å²) in [5.41, 5.74) is 4.02. The van der Waals surface area contributed by atoms with Gasteiger partial charge < -0.3 is 9.80 Å². The van der Waals surface area contributed by atoms with E-state index in [9.17, 15) is 4.79 Å². The minimum atomic E-state index is 0.0729. The monoisotopic (exact) mass is 376 g/mol. The minimum Gasteiger partial charge on any atom is -0.333 e. The van der Waals surface area contributed by atoms with Crippen molar-refractivity contribution in [3.05, 3.63) is 71.3 Å². The van der Waals surface area contributed by atoms with Gasteiger partial charge in [0, 0.05) is 31.6 Å². The Balaban J connectivity index is 1.40. The van der Waals surface area contributed by atoms with Crippen molar-refractivity contribution in [2.24, 2.45) is 0 Å². The third-order valence-corrected chi connectivity index (χ3v) is 6.71. The van der Waals surface area contributed by atoms with E-state index >= 15 is 0 Å². The van der Waals surface area contributed by atoms with Crippen LogP contribution in [0.2, 0.25) is 0 Å². The van der Waals surface area contributed by atoms with Crippen molar-refractivity contribution in [2.45, 2.75) is 57.5 Å². The lowest BCUT2D eigenvalue weighted by Crippen LogP contribution is -2.46. The first-order chi connectivity index (χ1) is 13.6. The van der Waals surface area contributed by atoms with Gasteiger partial charge in [0.1, 0.15) is 0 Å².